The monoisotopic (exact) mass is 245 g/mol. The molecule has 5 heteroatoms. The van der Waals surface area contributed by atoms with Crippen molar-refractivity contribution in [2.75, 3.05) is 13.6 Å². The van der Waals surface area contributed by atoms with E-state index in [-0.39, 0.29) is 0 Å². The van der Waals surface area contributed by atoms with Gasteiger partial charge < -0.3 is 4.90 Å². The summed E-state index contributed by atoms with van der Waals surface area (Å²) < 4.78 is 24.3. The lowest BCUT2D eigenvalue weighted by molar-refractivity contribution is 0.0619. The topological polar surface area (TPSA) is 20.3 Å². The number of thiol groups is 1. The molecule has 2 nitrogen and oxygen atoms in total. The molecule has 0 aliphatic carbocycles. The zero-order valence-electron chi connectivity index (χ0n) is 9.08. The number of hydrogen-bond acceptors (Lipinski definition) is 2. The highest BCUT2D eigenvalue weighted by Gasteiger charge is 2.17. The van der Waals surface area contributed by atoms with Crippen LogP contribution in [0.1, 0.15) is 15.9 Å². The second kappa shape index (κ2) is 5.30. The Balaban J connectivity index is 2.91. The van der Waals surface area contributed by atoms with Gasteiger partial charge in [-0.25, -0.2) is 8.78 Å². The van der Waals surface area contributed by atoms with Gasteiger partial charge in [0.2, 0.25) is 0 Å². The fraction of sp³-hybridized carbons (Fsp3) is 0.364. The summed E-state index contributed by atoms with van der Waals surface area (Å²) in [6, 6.07) is 5.08. The molecule has 88 valence electrons. The number of carbonyl (C=O) groups excluding carboxylic acids is 1. The van der Waals surface area contributed by atoms with Gasteiger partial charge in [-0.2, -0.15) is 0 Å². The Kier molecular flexibility index (Phi) is 4.29. The van der Waals surface area contributed by atoms with Gasteiger partial charge in [0, 0.05) is 17.5 Å². The van der Waals surface area contributed by atoms with E-state index in [1.807, 2.05) is 0 Å². The molecule has 0 aliphatic heterocycles. The Morgan fingerprint density at radius 2 is 2.12 bits per heavy atom. The molecule has 0 heterocycles. The summed E-state index contributed by atoms with van der Waals surface area (Å²) in [5.41, 5.74) is 1.17. The first-order valence-electron chi connectivity index (χ1n) is 4.75. The molecule has 0 fully saturated rings. The molecule has 0 aromatic heterocycles. The van der Waals surface area contributed by atoms with Crippen LogP contribution in [-0.2, 0) is 0 Å². The molecule has 1 amide bonds. The average Bonchev–Trinajstić information content (AvgIpc) is 2.19. The Bertz CT molecular complexity index is 396. The highest BCUT2D eigenvalue weighted by Crippen LogP contribution is 2.16. The van der Waals surface area contributed by atoms with E-state index in [0.717, 1.165) is 10.5 Å². The van der Waals surface area contributed by atoms with Crippen LogP contribution in [0.5, 0.6) is 0 Å². The predicted octanol–water partition coefficient (Wildman–Crippen LogP) is 2.62. The number of hydrogen-bond donors (Lipinski definition) is 1. The maximum atomic E-state index is 12.1. The lowest BCUT2D eigenvalue weighted by Crippen LogP contribution is -2.31. The van der Waals surface area contributed by atoms with Crippen LogP contribution >= 0.6 is 12.6 Å². The lowest BCUT2D eigenvalue weighted by Gasteiger charge is -2.17. The van der Waals surface area contributed by atoms with Crippen LogP contribution in [0, 0.1) is 6.92 Å². The molecule has 0 unspecified atom stereocenters. The third-order valence-corrected chi connectivity index (χ3v) is 2.49. The van der Waals surface area contributed by atoms with Crippen molar-refractivity contribution in [3.63, 3.8) is 0 Å². The number of benzene rings is 1. The smallest absolute Gasteiger partial charge is 0.255 e. The van der Waals surface area contributed by atoms with Crippen molar-refractivity contribution in [3.8, 4) is 0 Å². The zero-order valence-corrected chi connectivity index (χ0v) is 9.97. The third kappa shape index (κ3) is 3.20. The molecule has 0 N–H and O–H groups in total. The van der Waals surface area contributed by atoms with Crippen LogP contribution in [0.2, 0.25) is 0 Å². The summed E-state index contributed by atoms with van der Waals surface area (Å²) in [4.78, 5) is 13.5. The van der Waals surface area contributed by atoms with Gasteiger partial charge in [-0.3, -0.25) is 4.79 Å². The van der Waals surface area contributed by atoms with Gasteiger partial charge in [-0.05, 0) is 24.6 Å². The minimum absolute atomic E-state index is 0.409. The summed E-state index contributed by atoms with van der Waals surface area (Å²) in [5.74, 6) is -0.409. The van der Waals surface area contributed by atoms with Crippen LogP contribution in [0.25, 0.3) is 0 Å². The first-order chi connectivity index (χ1) is 7.41. The lowest BCUT2D eigenvalue weighted by atomic mass is 10.1. The summed E-state index contributed by atoms with van der Waals surface area (Å²) in [5, 5.41) is 0. The van der Waals surface area contributed by atoms with Gasteiger partial charge in [-0.1, -0.05) is 6.07 Å². The second-order valence-electron chi connectivity index (χ2n) is 3.58. The molecule has 0 aliphatic rings. The molecule has 0 bridgehead atoms. The highest BCUT2D eigenvalue weighted by molar-refractivity contribution is 7.80. The Hall–Kier alpha value is -1.10. The van der Waals surface area contributed by atoms with Gasteiger partial charge in [0.1, 0.15) is 0 Å². The molecule has 0 saturated carbocycles. The first-order valence-corrected chi connectivity index (χ1v) is 5.19. The number of carbonyl (C=O) groups is 1. The largest absolute Gasteiger partial charge is 0.336 e. The molecule has 0 spiro atoms. The van der Waals surface area contributed by atoms with Gasteiger partial charge in [0.25, 0.3) is 12.3 Å². The van der Waals surface area contributed by atoms with Crippen molar-refractivity contribution < 1.29 is 13.6 Å². The highest BCUT2D eigenvalue weighted by atomic mass is 32.1. The van der Waals surface area contributed by atoms with Crippen LogP contribution in [0.3, 0.4) is 0 Å². The van der Waals surface area contributed by atoms with E-state index in [1.165, 1.54) is 7.05 Å². The Labute approximate surface area is 98.7 Å². The van der Waals surface area contributed by atoms with Crippen LogP contribution in [0.4, 0.5) is 8.78 Å². The quantitative estimate of drug-likeness (QED) is 0.812. The van der Waals surface area contributed by atoms with Crippen LogP contribution < -0.4 is 0 Å². The number of rotatable bonds is 3. The van der Waals surface area contributed by atoms with Crippen LogP contribution in [0.15, 0.2) is 23.1 Å². The number of halogens is 2. The van der Waals surface area contributed by atoms with Gasteiger partial charge in [0.05, 0.1) is 6.54 Å². The van der Waals surface area contributed by atoms with E-state index < -0.39 is 18.9 Å². The fourth-order valence-electron chi connectivity index (χ4n) is 1.34. The molecule has 0 atom stereocenters. The van der Waals surface area contributed by atoms with Crippen molar-refractivity contribution in [1.29, 1.82) is 0 Å². The molecule has 1 rings (SSSR count). The van der Waals surface area contributed by atoms with Crippen molar-refractivity contribution in [2.45, 2.75) is 18.2 Å². The van der Waals surface area contributed by atoms with Crippen molar-refractivity contribution >= 4 is 18.5 Å². The molecule has 0 radical (unpaired) electrons. The minimum atomic E-state index is -2.52. The summed E-state index contributed by atoms with van der Waals surface area (Å²) in [6.07, 6.45) is -2.52. The Morgan fingerprint density at radius 3 is 2.69 bits per heavy atom. The van der Waals surface area contributed by atoms with Crippen molar-refractivity contribution in [3.05, 3.63) is 29.3 Å². The molecule has 0 saturated heterocycles. The summed E-state index contributed by atoms with van der Waals surface area (Å²) >= 11 is 4.12. The number of nitrogens with zero attached hydrogens (tertiary/aromatic N) is 1. The van der Waals surface area contributed by atoms with E-state index in [0.29, 0.717) is 10.5 Å². The molecule has 16 heavy (non-hydrogen) atoms. The Morgan fingerprint density at radius 1 is 1.50 bits per heavy atom. The van der Waals surface area contributed by atoms with Crippen molar-refractivity contribution in [1.82, 2.24) is 4.90 Å². The fourth-order valence-corrected chi connectivity index (χ4v) is 1.54. The van der Waals surface area contributed by atoms with Gasteiger partial charge in [0.15, 0.2) is 0 Å². The summed E-state index contributed by atoms with van der Waals surface area (Å²) in [7, 11) is 1.36. The second-order valence-corrected chi connectivity index (χ2v) is 4.09. The normalized spacial score (nSPS) is 10.6. The van der Waals surface area contributed by atoms with Gasteiger partial charge >= 0.3 is 0 Å². The van der Waals surface area contributed by atoms with Gasteiger partial charge in [-0.15, -0.1) is 12.6 Å². The average molecular weight is 245 g/mol. The van der Waals surface area contributed by atoms with E-state index in [4.69, 9.17) is 0 Å². The summed E-state index contributed by atoms with van der Waals surface area (Å²) in [6.45, 7) is 1.20. The zero-order chi connectivity index (χ0) is 12.3. The minimum Gasteiger partial charge on any atom is -0.336 e. The maximum Gasteiger partial charge on any atom is 0.255 e. The molecule has 1 aromatic carbocycles. The van der Waals surface area contributed by atoms with E-state index >= 15 is 0 Å². The standard InChI is InChI=1S/C11H13F2NOS/c1-7-3-4-8(16)5-9(7)11(15)14(2)6-10(12)13/h3-5,10,16H,6H2,1-2H3. The number of aryl methyl sites for hydroxylation is 1. The van der Waals surface area contributed by atoms with Crippen molar-refractivity contribution in [2.24, 2.45) is 0 Å². The number of alkyl halides is 2. The number of amides is 1. The van der Waals surface area contributed by atoms with E-state index in [9.17, 15) is 13.6 Å². The van der Waals surface area contributed by atoms with E-state index in [1.54, 1.807) is 25.1 Å². The van der Waals surface area contributed by atoms with Crippen LogP contribution in [-0.4, -0.2) is 30.8 Å². The molecular weight excluding hydrogens is 232 g/mol. The first kappa shape index (κ1) is 13.0. The van der Waals surface area contributed by atoms with E-state index in [2.05, 4.69) is 12.6 Å². The maximum absolute atomic E-state index is 12.1. The third-order valence-electron chi connectivity index (χ3n) is 2.21. The molecular formula is C11H13F2NOS. The molecule has 1 aromatic rings. The predicted molar refractivity (Wildman–Crippen MR) is 61.4 cm³/mol. The SMILES string of the molecule is Cc1ccc(S)cc1C(=O)N(C)CC(F)F.